The molecule has 2 bridgehead atoms. The number of nitrogens with zero attached hydrogens (tertiary/aromatic N) is 2. The molecule has 0 aromatic heterocycles. The minimum atomic E-state index is -1.08. The number of fused-ring (bicyclic) bond motifs is 5. The lowest BCUT2D eigenvalue weighted by molar-refractivity contribution is -0.123. The highest BCUT2D eigenvalue weighted by atomic mass is 16.5. The van der Waals surface area contributed by atoms with E-state index in [2.05, 4.69) is 12.2 Å². The van der Waals surface area contributed by atoms with Gasteiger partial charge in [0.1, 0.15) is 0 Å². The van der Waals surface area contributed by atoms with E-state index in [4.69, 9.17) is 4.74 Å². The fourth-order valence-corrected chi connectivity index (χ4v) is 5.05. The average molecular weight is 368 g/mol. The van der Waals surface area contributed by atoms with Crippen LogP contribution in [0.5, 0.6) is 0 Å². The molecule has 2 aliphatic heterocycles. The Morgan fingerprint density at radius 1 is 1.00 bits per heavy atom. The van der Waals surface area contributed by atoms with Crippen molar-refractivity contribution in [1.82, 2.24) is 0 Å². The summed E-state index contributed by atoms with van der Waals surface area (Å²) in [6, 6.07) is 4.68. The van der Waals surface area contributed by atoms with Crippen LogP contribution in [0, 0.1) is 23.7 Å². The Hall–Kier alpha value is -2.67. The molecule has 2 aliphatic carbocycles. The second-order valence-electron chi connectivity index (χ2n) is 7.62. The molecule has 1 aromatic carbocycles. The number of allylic oxidation sites excluding steroid dienone is 2. The summed E-state index contributed by atoms with van der Waals surface area (Å²) in [5.41, 5.74) is 1.17. The number of carboxylic acids is 1. The third kappa shape index (κ3) is 2.34. The number of benzene rings is 1. The summed E-state index contributed by atoms with van der Waals surface area (Å²) in [7, 11) is 0. The van der Waals surface area contributed by atoms with Gasteiger partial charge in [-0.2, -0.15) is 0 Å². The van der Waals surface area contributed by atoms with E-state index < -0.39 is 5.97 Å². The van der Waals surface area contributed by atoms with Gasteiger partial charge in [-0.05, 0) is 36.5 Å². The van der Waals surface area contributed by atoms with E-state index in [0.717, 1.165) is 6.42 Å². The maximum atomic E-state index is 13.2. The van der Waals surface area contributed by atoms with Crippen LogP contribution in [-0.4, -0.2) is 49.2 Å². The number of carbonyl (C=O) groups is 3. The van der Waals surface area contributed by atoms with Crippen molar-refractivity contribution in [2.45, 2.75) is 6.42 Å². The number of hydrogen-bond donors (Lipinski definition) is 1. The molecular formula is C20H20N2O5. The van der Waals surface area contributed by atoms with Gasteiger partial charge < -0.3 is 14.7 Å². The number of carbonyl (C=O) groups excluding carboxylic acids is 2. The number of morpholine rings is 1. The van der Waals surface area contributed by atoms with Crippen LogP contribution in [0.1, 0.15) is 16.8 Å². The molecule has 0 unspecified atom stereocenters. The third-order valence-electron chi connectivity index (χ3n) is 6.29. The molecule has 2 amide bonds. The van der Waals surface area contributed by atoms with Crippen LogP contribution in [-0.2, 0) is 14.3 Å². The first kappa shape index (κ1) is 16.5. The minimum absolute atomic E-state index is 0.0702. The average Bonchev–Trinajstić information content (AvgIpc) is 3.36. The van der Waals surface area contributed by atoms with Gasteiger partial charge in [0.25, 0.3) is 0 Å². The quantitative estimate of drug-likeness (QED) is 0.643. The van der Waals surface area contributed by atoms with Gasteiger partial charge in [-0.25, -0.2) is 9.69 Å². The Morgan fingerprint density at radius 2 is 1.63 bits per heavy atom. The maximum Gasteiger partial charge on any atom is 0.335 e. The van der Waals surface area contributed by atoms with Crippen LogP contribution in [0.4, 0.5) is 11.4 Å². The molecule has 1 aromatic rings. The lowest BCUT2D eigenvalue weighted by Gasteiger charge is -2.32. The SMILES string of the molecule is O=C(O)c1ccc(N2CCOCC2)c(N2C(=O)[C@H]3[C@H](C2=O)[C@H]2C=C[C@H]3C2)c1. The van der Waals surface area contributed by atoms with Crippen LogP contribution in [0.3, 0.4) is 0 Å². The van der Waals surface area contributed by atoms with Crippen LogP contribution >= 0.6 is 0 Å². The van der Waals surface area contributed by atoms with E-state index in [1.807, 2.05) is 4.90 Å². The van der Waals surface area contributed by atoms with E-state index >= 15 is 0 Å². The Bertz CT molecular complexity index is 843. The Labute approximate surface area is 156 Å². The van der Waals surface area contributed by atoms with Gasteiger partial charge in [0.2, 0.25) is 11.8 Å². The highest BCUT2D eigenvalue weighted by molar-refractivity contribution is 6.24. The van der Waals surface area contributed by atoms with Crippen molar-refractivity contribution >= 4 is 29.2 Å². The normalized spacial score (nSPS) is 31.7. The van der Waals surface area contributed by atoms with Crippen molar-refractivity contribution in [3.05, 3.63) is 35.9 Å². The van der Waals surface area contributed by atoms with E-state index in [9.17, 15) is 19.5 Å². The highest BCUT2D eigenvalue weighted by Gasteiger charge is 2.60. The first-order valence-electron chi connectivity index (χ1n) is 9.32. The van der Waals surface area contributed by atoms with Crippen LogP contribution < -0.4 is 9.80 Å². The van der Waals surface area contributed by atoms with Crippen molar-refractivity contribution in [3.63, 3.8) is 0 Å². The molecule has 7 heteroatoms. The highest BCUT2D eigenvalue weighted by Crippen LogP contribution is 2.54. The van der Waals surface area contributed by atoms with Crippen LogP contribution in [0.15, 0.2) is 30.4 Å². The molecule has 4 aliphatic rings. The number of hydrogen-bond acceptors (Lipinski definition) is 5. The monoisotopic (exact) mass is 368 g/mol. The summed E-state index contributed by atoms with van der Waals surface area (Å²) in [6.07, 6.45) is 4.97. The van der Waals surface area contributed by atoms with Gasteiger partial charge >= 0.3 is 5.97 Å². The van der Waals surface area contributed by atoms with E-state index in [1.54, 1.807) is 6.07 Å². The van der Waals surface area contributed by atoms with Crippen molar-refractivity contribution < 1.29 is 24.2 Å². The van der Waals surface area contributed by atoms with Gasteiger partial charge in [-0.3, -0.25) is 9.59 Å². The summed E-state index contributed by atoms with van der Waals surface area (Å²) in [4.78, 5) is 41.2. The van der Waals surface area contributed by atoms with E-state index in [-0.39, 0.29) is 41.0 Å². The molecular weight excluding hydrogens is 348 g/mol. The zero-order chi connectivity index (χ0) is 18.7. The number of rotatable bonds is 3. The molecule has 0 radical (unpaired) electrons. The van der Waals surface area contributed by atoms with E-state index in [0.29, 0.717) is 37.7 Å². The molecule has 2 heterocycles. The lowest BCUT2D eigenvalue weighted by Crippen LogP contribution is -2.39. The summed E-state index contributed by atoms with van der Waals surface area (Å²) < 4.78 is 5.40. The number of carboxylic acid groups (broad SMARTS) is 1. The Kier molecular flexibility index (Phi) is 3.62. The summed E-state index contributed by atoms with van der Waals surface area (Å²) >= 11 is 0. The summed E-state index contributed by atoms with van der Waals surface area (Å²) in [5.74, 6) is -1.84. The van der Waals surface area contributed by atoms with Gasteiger partial charge in [-0.15, -0.1) is 0 Å². The van der Waals surface area contributed by atoms with E-state index in [1.165, 1.54) is 17.0 Å². The minimum Gasteiger partial charge on any atom is -0.478 e. The van der Waals surface area contributed by atoms with Crippen molar-refractivity contribution in [1.29, 1.82) is 0 Å². The standard InChI is InChI=1S/C20H20N2O5/c23-18-16-11-1-2-12(9-11)17(16)19(24)22(18)15-10-13(20(25)26)3-4-14(15)21-5-7-27-8-6-21/h1-4,10-12,16-17H,5-9H2,(H,25,26)/t11-,12-,16+,17+/m0/s1. The number of imide groups is 1. The predicted molar refractivity (Wildman–Crippen MR) is 96.6 cm³/mol. The lowest BCUT2D eigenvalue weighted by atomic mass is 9.85. The van der Waals surface area contributed by atoms with Gasteiger partial charge in [-0.1, -0.05) is 12.2 Å². The number of anilines is 2. The van der Waals surface area contributed by atoms with Crippen LogP contribution in [0.2, 0.25) is 0 Å². The zero-order valence-corrected chi connectivity index (χ0v) is 14.7. The predicted octanol–water partition coefficient (Wildman–Crippen LogP) is 1.53. The molecule has 7 nitrogen and oxygen atoms in total. The first-order valence-corrected chi connectivity index (χ1v) is 9.32. The van der Waals surface area contributed by atoms with Gasteiger partial charge in [0.15, 0.2) is 0 Å². The number of amides is 2. The molecule has 4 atom stereocenters. The largest absolute Gasteiger partial charge is 0.478 e. The van der Waals surface area contributed by atoms with Crippen molar-refractivity contribution in [3.8, 4) is 0 Å². The second kappa shape index (κ2) is 5.92. The maximum absolute atomic E-state index is 13.2. The zero-order valence-electron chi connectivity index (χ0n) is 14.7. The molecule has 0 spiro atoms. The smallest absolute Gasteiger partial charge is 0.335 e. The molecule has 1 N–H and O–H groups in total. The fraction of sp³-hybridized carbons (Fsp3) is 0.450. The third-order valence-corrected chi connectivity index (χ3v) is 6.29. The van der Waals surface area contributed by atoms with Gasteiger partial charge in [0, 0.05) is 13.1 Å². The molecule has 3 fully saturated rings. The molecule has 1 saturated carbocycles. The summed E-state index contributed by atoms with van der Waals surface area (Å²) in [5, 5.41) is 9.41. The Morgan fingerprint density at radius 3 is 2.22 bits per heavy atom. The van der Waals surface area contributed by atoms with Crippen molar-refractivity contribution in [2.75, 3.05) is 36.1 Å². The molecule has 27 heavy (non-hydrogen) atoms. The first-order chi connectivity index (χ1) is 13.1. The van der Waals surface area contributed by atoms with Gasteiger partial charge in [0.05, 0.1) is 42.0 Å². The fourth-order valence-electron chi connectivity index (χ4n) is 5.05. The molecule has 2 saturated heterocycles. The number of aromatic carboxylic acids is 1. The molecule has 140 valence electrons. The summed E-state index contributed by atoms with van der Waals surface area (Å²) in [6.45, 7) is 2.38. The molecule has 5 rings (SSSR count). The van der Waals surface area contributed by atoms with Crippen LogP contribution in [0.25, 0.3) is 0 Å². The topological polar surface area (TPSA) is 87.2 Å². The number of ether oxygens (including phenoxy) is 1. The van der Waals surface area contributed by atoms with Crippen molar-refractivity contribution in [2.24, 2.45) is 23.7 Å². The Balaban J connectivity index is 1.59. The second-order valence-corrected chi connectivity index (χ2v) is 7.62.